The molecule has 0 saturated heterocycles. The second-order valence-corrected chi connectivity index (χ2v) is 4.60. The minimum absolute atomic E-state index is 0.852. The number of benzene rings is 1. The predicted octanol–water partition coefficient (Wildman–Crippen LogP) is 3.51. The summed E-state index contributed by atoms with van der Waals surface area (Å²) >= 11 is 0. The zero-order valence-electron chi connectivity index (χ0n) is 11.4. The first-order chi connectivity index (χ1) is 9.88. The molecule has 0 aliphatic heterocycles. The van der Waals surface area contributed by atoms with Crippen molar-refractivity contribution in [1.82, 2.24) is 15.0 Å². The first-order valence-corrected chi connectivity index (χ1v) is 6.78. The maximum atomic E-state index is 4.47. The lowest BCUT2D eigenvalue weighted by Crippen LogP contribution is -2.02. The van der Waals surface area contributed by atoms with Crippen LogP contribution >= 0.6 is 0 Å². The minimum Gasteiger partial charge on any atom is -0.370 e. The Labute approximate surface area is 117 Å². The van der Waals surface area contributed by atoms with Crippen LogP contribution in [-0.4, -0.2) is 21.5 Å². The maximum absolute atomic E-state index is 4.47. The number of pyridine rings is 1. The molecule has 0 radical (unpaired) electrons. The van der Waals surface area contributed by atoms with Crippen LogP contribution in [0, 0.1) is 0 Å². The molecule has 2 aromatic heterocycles. The van der Waals surface area contributed by atoms with Crippen molar-refractivity contribution >= 4 is 16.7 Å². The predicted molar refractivity (Wildman–Crippen MR) is 81.5 cm³/mol. The normalized spacial score (nSPS) is 10.7. The number of nitrogens with zero attached hydrogens (tertiary/aromatic N) is 3. The monoisotopic (exact) mass is 264 g/mol. The van der Waals surface area contributed by atoms with E-state index in [1.807, 2.05) is 30.5 Å². The SMILES string of the molecule is CCCNc1cc(-c2cccc3cccnc23)ncn1. The summed E-state index contributed by atoms with van der Waals surface area (Å²) in [7, 11) is 0. The van der Waals surface area contributed by atoms with Crippen molar-refractivity contribution in [3.63, 3.8) is 0 Å². The maximum Gasteiger partial charge on any atom is 0.129 e. The van der Waals surface area contributed by atoms with Gasteiger partial charge in [0, 0.05) is 29.8 Å². The van der Waals surface area contributed by atoms with Gasteiger partial charge in [-0.05, 0) is 12.5 Å². The van der Waals surface area contributed by atoms with E-state index >= 15 is 0 Å². The van der Waals surface area contributed by atoms with Crippen molar-refractivity contribution in [2.45, 2.75) is 13.3 Å². The molecular weight excluding hydrogens is 248 g/mol. The first-order valence-electron chi connectivity index (χ1n) is 6.78. The van der Waals surface area contributed by atoms with Crippen molar-refractivity contribution in [2.75, 3.05) is 11.9 Å². The highest BCUT2D eigenvalue weighted by Gasteiger charge is 2.06. The van der Waals surface area contributed by atoms with Gasteiger partial charge in [-0.25, -0.2) is 9.97 Å². The van der Waals surface area contributed by atoms with E-state index in [4.69, 9.17) is 0 Å². The summed E-state index contributed by atoms with van der Waals surface area (Å²) in [5, 5.41) is 4.40. The molecule has 0 aliphatic rings. The van der Waals surface area contributed by atoms with E-state index in [9.17, 15) is 0 Å². The van der Waals surface area contributed by atoms with Crippen molar-refractivity contribution in [3.05, 3.63) is 48.9 Å². The lowest BCUT2D eigenvalue weighted by Gasteiger charge is -2.07. The summed E-state index contributed by atoms with van der Waals surface area (Å²) in [5.41, 5.74) is 2.89. The van der Waals surface area contributed by atoms with Crippen LogP contribution in [0.1, 0.15) is 13.3 Å². The number of hydrogen-bond donors (Lipinski definition) is 1. The molecule has 1 N–H and O–H groups in total. The zero-order valence-corrected chi connectivity index (χ0v) is 11.4. The lowest BCUT2D eigenvalue weighted by atomic mass is 10.1. The fourth-order valence-corrected chi connectivity index (χ4v) is 2.17. The third-order valence-electron chi connectivity index (χ3n) is 3.13. The molecule has 4 nitrogen and oxygen atoms in total. The molecule has 0 atom stereocenters. The Bertz CT molecular complexity index is 719. The highest BCUT2D eigenvalue weighted by atomic mass is 15.0. The summed E-state index contributed by atoms with van der Waals surface area (Å²) in [6.45, 7) is 3.04. The molecule has 0 bridgehead atoms. The van der Waals surface area contributed by atoms with E-state index in [1.165, 1.54) is 0 Å². The van der Waals surface area contributed by atoms with Gasteiger partial charge in [-0.3, -0.25) is 4.98 Å². The van der Waals surface area contributed by atoms with Crippen LogP contribution in [0.3, 0.4) is 0 Å². The van der Waals surface area contributed by atoms with Gasteiger partial charge < -0.3 is 5.32 Å². The molecule has 0 unspecified atom stereocenters. The molecule has 0 saturated carbocycles. The van der Waals surface area contributed by atoms with Crippen LogP contribution in [-0.2, 0) is 0 Å². The zero-order chi connectivity index (χ0) is 13.8. The van der Waals surface area contributed by atoms with E-state index in [1.54, 1.807) is 6.33 Å². The van der Waals surface area contributed by atoms with E-state index in [0.717, 1.165) is 40.9 Å². The fourth-order valence-electron chi connectivity index (χ4n) is 2.17. The van der Waals surface area contributed by atoms with Gasteiger partial charge in [-0.15, -0.1) is 0 Å². The number of rotatable bonds is 4. The Hall–Kier alpha value is -2.49. The van der Waals surface area contributed by atoms with Crippen LogP contribution in [0.25, 0.3) is 22.2 Å². The van der Waals surface area contributed by atoms with Crippen LogP contribution in [0.15, 0.2) is 48.9 Å². The summed E-state index contributed by atoms with van der Waals surface area (Å²) < 4.78 is 0. The number of aromatic nitrogens is 3. The molecule has 0 fully saturated rings. The molecule has 3 aromatic rings. The largest absolute Gasteiger partial charge is 0.370 e. The van der Waals surface area contributed by atoms with Crippen molar-refractivity contribution in [3.8, 4) is 11.3 Å². The van der Waals surface area contributed by atoms with E-state index in [-0.39, 0.29) is 0 Å². The van der Waals surface area contributed by atoms with Crippen LogP contribution in [0.4, 0.5) is 5.82 Å². The van der Waals surface area contributed by atoms with Gasteiger partial charge >= 0.3 is 0 Å². The molecule has 4 heteroatoms. The van der Waals surface area contributed by atoms with Crippen LogP contribution < -0.4 is 5.32 Å². The molecule has 2 heterocycles. The van der Waals surface area contributed by atoms with Crippen molar-refractivity contribution in [2.24, 2.45) is 0 Å². The Kier molecular flexibility index (Phi) is 3.54. The summed E-state index contributed by atoms with van der Waals surface area (Å²) in [4.78, 5) is 13.1. The van der Waals surface area contributed by atoms with Gasteiger partial charge in [0.1, 0.15) is 12.1 Å². The first kappa shape index (κ1) is 12.5. The summed E-state index contributed by atoms with van der Waals surface area (Å²) in [6, 6.07) is 12.1. The van der Waals surface area contributed by atoms with Gasteiger partial charge in [0.15, 0.2) is 0 Å². The minimum atomic E-state index is 0.852. The van der Waals surface area contributed by atoms with Crippen LogP contribution in [0.5, 0.6) is 0 Å². The number of anilines is 1. The topological polar surface area (TPSA) is 50.7 Å². The van der Waals surface area contributed by atoms with Gasteiger partial charge in [0.2, 0.25) is 0 Å². The molecule has 3 rings (SSSR count). The Morgan fingerprint density at radius 2 is 1.95 bits per heavy atom. The smallest absolute Gasteiger partial charge is 0.129 e. The van der Waals surface area contributed by atoms with Crippen molar-refractivity contribution in [1.29, 1.82) is 0 Å². The van der Waals surface area contributed by atoms with Crippen LogP contribution in [0.2, 0.25) is 0 Å². The van der Waals surface area contributed by atoms with E-state index < -0.39 is 0 Å². The molecule has 100 valence electrons. The number of fused-ring (bicyclic) bond motifs is 1. The number of nitrogens with one attached hydrogen (secondary N) is 1. The standard InChI is InChI=1S/C16H16N4/c1-2-8-17-15-10-14(19-11-20-15)13-7-3-5-12-6-4-9-18-16(12)13/h3-7,9-11H,2,8H2,1H3,(H,17,19,20). The molecular formula is C16H16N4. The average molecular weight is 264 g/mol. The van der Waals surface area contributed by atoms with Gasteiger partial charge in [0.05, 0.1) is 11.2 Å². The lowest BCUT2D eigenvalue weighted by molar-refractivity contribution is 0.965. The number of para-hydroxylation sites is 1. The molecule has 0 spiro atoms. The van der Waals surface area contributed by atoms with E-state index in [2.05, 4.69) is 39.3 Å². The van der Waals surface area contributed by atoms with Gasteiger partial charge in [-0.1, -0.05) is 31.2 Å². The molecule has 20 heavy (non-hydrogen) atoms. The van der Waals surface area contributed by atoms with Gasteiger partial charge in [-0.2, -0.15) is 0 Å². The second-order valence-electron chi connectivity index (χ2n) is 4.60. The summed E-state index contributed by atoms with van der Waals surface area (Å²) in [5.74, 6) is 0.852. The summed E-state index contributed by atoms with van der Waals surface area (Å²) in [6.07, 6.45) is 4.47. The quantitative estimate of drug-likeness (QED) is 0.783. The highest BCUT2D eigenvalue weighted by Crippen LogP contribution is 2.26. The van der Waals surface area contributed by atoms with E-state index in [0.29, 0.717) is 0 Å². The third kappa shape index (κ3) is 2.45. The highest BCUT2D eigenvalue weighted by molar-refractivity contribution is 5.92. The van der Waals surface area contributed by atoms with Gasteiger partial charge in [0.25, 0.3) is 0 Å². The molecule has 1 aromatic carbocycles. The van der Waals surface area contributed by atoms with Crippen molar-refractivity contribution < 1.29 is 0 Å². The second kappa shape index (κ2) is 5.65. The number of hydrogen-bond acceptors (Lipinski definition) is 4. The molecule has 0 aliphatic carbocycles. The third-order valence-corrected chi connectivity index (χ3v) is 3.13. The Balaban J connectivity index is 2.06. The fraction of sp³-hybridized carbons (Fsp3) is 0.188. The Morgan fingerprint density at radius 1 is 1.05 bits per heavy atom. The molecule has 0 amide bonds. The average Bonchev–Trinajstić information content (AvgIpc) is 2.52. The Morgan fingerprint density at radius 3 is 2.85 bits per heavy atom.